The van der Waals surface area contributed by atoms with E-state index < -0.39 is 5.82 Å². The quantitative estimate of drug-likeness (QED) is 0.620. The molecule has 0 saturated heterocycles. The molecule has 0 aromatic heterocycles. The van der Waals surface area contributed by atoms with Crippen LogP contribution in [0.4, 0.5) is 4.39 Å². The number of carbonyl (C=O) groups is 1. The lowest BCUT2D eigenvalue weighted by Crippen LogP contribution is -1.98. The topological polar surface area (TPSA) is 35.5 Å². The van der Waals surface area contributed by atoms with E-state index in [1.165, 1.54) is 12.1 Å². The van der Waals surface area contributed by atoms with Crippen LogP contribution >= 0.6 is 0 Å². The summed E-state index contributed by atoms with van der Waals surface area (Å²) < 4.78 is 24.8. The van der Waals surface area contributed by atoms with Crippen molar-refractivity contribution in [3.05, 3.63) is 77.3 Å². The average Bonchev–Trinajstić information content (AvgIpc) is 2.83. The standard InChI is InChI=1S/C19H15FO3/c1-12(2)11-22-14-7-8-15-17(10-14)23-18(19(15)21)9-13-5-3-4-6-16(13)20/h3-10H,1,11H2,2H3. The Labute approximate surface area is 133 Å². The molecule has 0 unspecified atom stereocenters. The Bertz CT molecular complexity index is 821. The van der Waals surface area contributed by atoms with Gasteiger partial charge in [0.05, 0.1) is 5.56 Å². The minimum atomic E-state index is -0.405. The highest BCUT2D eigenvalue weighted by atomic mass is 19.1. The lowest BCUT2D eigenvalue weighted by Gasteiger charge is -2.06. The number of Topliss-reactive ketones (excluding diaryl/α,β-unsaturated/α-hetero) is 1. The van der Waals surface area contributed by atoms with E-state index in [0.29, 0.717) is 29.2 Å². The first-order valence-corrected chi connectivity index (χ1v) is 7.14. The van der Waals surface area contributed by atoms with E-state index >= 15 is 0 Å². The van der Waals surface area contributed by atoms with E-state index in [0.717, 1.165) is 5.57 Å². The number of ketones is 1. The van der Waals surface area contributed by atoms with Crippen molar-refractivity contribution in [2.75, 3.05) is 6.61 Å². The van der Waals surface area contributed by atoms with Crippen molar-refractivity contribution in [1.82, 2.24) is 0 Å². The van der Waals surface area contributed by atoms with Gasteiger partial charge in [-0.15, -0.1) is 0 Å². The molecule has 3 rings (SSSR count). The molecule has 2 aromatic rings. The van der Waals surface area contributed by atoms with Gasteiger partial charge in [0, 0.05) is 11.6 Å². The van der Waals surface area contributed by atoms with Gasteiger partial charge in [0.15, 0.2) is 5.76 Å². The number of hydrogen-bond donors (Lipinski definition) is 0. The van der Waals surface area contributed by atoms with Crippen LogP contribution in [0.5, 0.6) is 11.5 Å². The summed E-state index contributed by atoms with van der Waals surface area (Å²) >= 11 is 0. The number of halogens is 1. The van der Waals surface area contributed by atoms with Crippen LogP contribution in [0.15, 0.2) is 60.4 Å². The first-order chi connectivity index (χ1) is 11.0. The van der Waals surface area contributed by atoms with E-state index in [9.17, 15) is 9.18 Å². The minimum absolute atomic E-state index is 0.0992. The minimum Gasteiger partial charge on any atom is -0.489 e. The van der Waals surface area contributed by atoms with Gasteiger partial charge in [-0.05, 0) is 36.8 Å². The van der Waals surface area contributed by atoms with Gasteiger partial charge in [-0.25, -0.2) is 4.39 Å². The maximum absolute atomic E-state index is 13.7. The second-order valence-electron chi connectivity index (χ2n) is 5.37. The molecule has 1 aliphatic heterocycles. The van der Waals surface area contributed by atoms with Crippen LogP contribution in [0, 0.1) is 5.82 Å². The molecule has 0 radical (unpaired) electrons. The van der Waals surface area contributed by atoms with Gasteiger partial charge >= 0.3 is 0 Å². The van der Waals surface area contributed by atoms with Crippen molar-refractivity contribution in [3.8, 4) is 11.5 Å². The van der Waals surface area contributed by atoms with Crippen LogP contribution in [-0.4, -0.2) is 12.4 Å². The molecule has 0 saturated carbocycles. The highest BCUT2D eigenvalue weighted by molar-refractivity contribution is 6.14. The SMILES string of the molecule is C=C(C)COc1ccc2c(c1)OC(=Cc1ccccc1F)C2=O. The van der Waals surface area contributed by atoms with Gasteiger partial charge in [0.1, 0.15) is 23.9 Å². The number of rotatable bonds is 4. The van der Waals surface area contributed by atoms with Crippen molar-refractivity contribution in [2.24, 2.45) is 0 Å². The van der Waals surface area contributed by atoms with Crippen molar-refractivity contribution in [2.45, 2.75) is 6.92 Å². The second-order valence-corrected chi connectivity index (χ2v) is 5.37. The summed E-state index contributed by atoms with van der Waals surface area (Å²) in [5.74, 6) is 0.429. The molecule has 116 valence electrons. The molecule has 1 aliphatic rings. The number of fused-ring (bicyclic) bond motifs is 1. The predicted molar refractivity (Wildman–Crippen MR) is 86.1 cm³/mol. The zero-order valence-electron chi connectivity index (χ0n) is 12.6. The van der Waals surface area contributed by atoms with Gasteiger partial charge in [-0.1, -0.05) is 24.8 Å². The fraction of sp³-hybridized carbons (Fsp3) is 0.105. The highest BCUT2D eigenvalue weighted by Crippen LogP contribution is 2.35. The monoisotopic (exact) mass is 310 g/mol. The molecule has 0 bridgehead atoms. The maximum Gasteiger partial charge on any atom is 0.231 e. The smallest absolute Gasteiger partial charge is 0.231 e. The van der Waals surface area contributed by atoms with Crippen molar-refractivity contribution < 1.29 is 18.7 Å². The number of benzene rings is 2. The van der Waals surface area contributed by atoms with Gasteiger partial charge in [-0.3, -0.25) is 4.79 Å². The molecular weight excluding hydrogens is 295 g/mol. The van der Waals surface area contributed by atoms with Gasteiger partial charge in [0.25, 0.3) is 0 Å². The maximum atomic E-state index is 13.7. The van der Waals surface area contributed by atoms with E-state index in [2.05, 4.69) is 6.58 Å². The zero-order chi connectivity index (χ0) is 16.4. The Hall–Kier alpha value is -2.88. The summed E-state index contributed by atoms with van der Waals surface area (Å²) in [4.78, 5) is 12.3. The fourth-order valence-electron chi connectivity index (χ4n) is 2.20. The molecule has 0 fully saturated rings. The third-order valence-electron chi connectivity index (χ3n) is 3.32. The van der Waals surface area contributed by atoms with Gasteiger partial charge in [-0.2, -0.15) is 0 Å². The van der Waals surface area contributed by atoms with Crippen LogP contribution in [-0.2, 0) is 0 Å². The van der Waals surface area contributed by atoms with Crippen LogP contribution in [0.2, 0.25) is 0 Å². The Kier molecular flexibility index (Phi) is 3.98. The summed E-state index contributed by atoms with van der Waals surface area (Å²) in [6.45, 7) is 6.02. The largest absolute Gasteiger partial charge is 0.489 e. The van der Waals surface area contributed by atoms with E-state index in [4.69, 9.17) is 9.47 Å². The molecule has 23 heavy (non-hydrogen) atoms. The lowest BCUT2D eigenvalue weighted by atomic mass is 10.1. The first-order valence-electron chi connectivity index (χ1n) is 7.14. The van der Waals surface area contributed by atoms with E-state index in [1.807, 2.05) is 6.92 Å². The van der Waals surface area contributed by atoms with Gasteiger partial charge in [0.2, 0.25) is 5.78 Å². The summed E-state index contributed by atoms with van der Waals surface area (Å²) in [6.07, 6.45) is 1.41. The normalized spacial score (nSPS) is 14.5. The van der Waals surface area contributed by atoms with Crippen molar-refractivity contribution >= 4 is 11.9 Å². The molecule has 0 spiro atoms. The van der Waals surface area contributed by atoms with Crippen LogP contribution < -0.4 is 9.47 Å². The van der Waals surface area contributed by atoms with Crippen LogP contribution in [0.3, 0.4) is 0 Å². The number of allylic oxidation sites excluding steroid dienone is 1. The van der Waals surface area contributed by atoms with E-state index in [-0.39, 0.29) is 11.5 Å². The predicted octanol–water partition coefficient (Wildman–Crippen LogP) is 4.40. The molecule has 4 heteroatoms. The average molecular weight is 310 g/mol. The Balaban J connectivity index is 1.87. The molecule has 0 atom stereocenters. The van der Waals surface area contributed by atoms with Crippen LogP contribution in [0.25, 0.3) is 6.08 Å². The van der Waals surface area contributed by atoms with Crippen molar-refractivity contribution in [1.29, 1.82) is 0 Å². The molecule has 0 aliphatic carbocycles. The second kappa shape index (κ2) is 6.08. The molecule has 0 amide bonds. The number of ether oxygens (including phenoxy) is 2. The summed E-state index contributed by atoms with van der Waals surface area (Å²) in [6, 6.07) is 11.2. The number of hydrogen-bond acceptors (Lipinski definition) is 3. The Morgan fingerprint density at radius 3 is 2.83 bits per heavy atom. The summed E-state index contributed by atoms with van der Waals surface area (Å²) in [5, 5.41) is 0. The van der Waals surface area contributed by atoms with Gasteiger partial charge < -0.3 is 9.47 Å². The van der Waals surface area contributed by atoms with Crippen molar-refractivity contribution in [3.63, 3.8) is 0 Å². The molecule has 0 N–H and O–H groups in total. The van der Waals surface area contributed by atoms with Crippen LogP contribution in [0.1, 0.15) is 22.8 Å². The highest BCUT2D eigenvalue weighted by Gasteiger charge is 2.28. The first kappa shape index (κ1) is 15.0. The zero-order valence-corrected chi connectivity index (χ0v) is 12.6. The third-order valence-corrected chi connectivity index (χ3v) is 3.32. The lowest BCUT2D eigenvalue weighted by molar-refractivity contribution is 0.101. The van der Waals surface area contributed by atoms with E-state index in [1.54, 1.807) is 36.4 Å². The molecule has 2 aromatic carbocycles. The molecule has 3 nitrogen and oxygen atoms in total. The molecule has 1 heterocycles. The summed E-state index contributed by atoms with van der Waals surface area (Å²) in [5.41, 5.74) is 1.64. The number of carbonyl (C=O) groups excluding carboxylic acids is 1. The third kappa shape index (κ3) is 3.16. The Morgan fingerprint density at radius 2 is 2.09 bits per heavy atom. The summed E-state index contributed by atoms with van der Waals surface area (Å²) in [7, 11) is 0. The molecular formula is C19H15FO3. The Morgan fingerprint density at radius 1 is 1.30 bits per heavy atom. The fourth-order valence-corrected chi connectivity index (χ4v) is 2.20.